The predicted octanol–water partition coefficient (Wildman–Crippen LogP) is 2.82. The molecule has 1 fully saturated rings. The average molecular weight is 289 g/mol. The van der Waals surface area contributed by atoms with Crippen molar-refractivity contribution in [2.75, 3.05) is 6.54 Å². The molecule has 0 saturated carbocycles. The molecule has 3 atom stereocenters. The molecule has 3 nitrogen and oxygen atoms in total. The highest BCUT2D eigenvalue weighted by Crippen LogP contribution is 2.34. The summed E-state index contributed by atoms with van der Waals surface area (Å²) in [6, 6.07) is 2.32. The molecule has 1 aromatic rings. The van der Waals surface area contributed by atoms with Gasteiger partial charge in [-0.2, -0.15) is 11.3 Å². The van der Waals surface area contributed by atoms with Crippen LogP contribution in [-0.4, -0.2) is 23.4 Å². The summed E-state index contributed by atoms with van der Waals surface area (Å²) in [6.07, 6.45) is 2.17. The molecule has 1 aliphatic heterocycles. The van der Waals surface area contributed by atoms with E-state index in [1.807, 2.05) is 18.7 Å². The van der Waals surface area contributed by atoms with E-state index >= 15 is 0 Å². The molecule has 5 heteroatoms. The number of carbonyl (C=O) groups excluding carboxylic acids is 1. The van der Waals surface area contributed by atoms with Gasteiger partial charge in [-0.1, -0.05) is 6.92 Å². The molecule has 18 heavy (non-hydrogen) atoms. The second-order valence-corrected chi connectivity index (χ2v) is 5.67. The molecule has 0 bridgehead atoms. The van der Waals surface area contributed by atoms with E-state index in [-0.39, 0.29) is 36.3 Å². The summed E-state index contributed by atoms with van der Waals surface area (Å²) < 4.78 is 0. The topological polar surface area (TPSA) is 46.3 Å². The van der Waals surface area contributed by atoms with Crippen LogP contribution in [-0.2, 0) is 4.79 Å². The fourth-order valence-corrected chi connectivity index (χ4v) is 3.04. The Morgan fingerprint density at radius 3 is 2.83 bits per heavy atom. The van der Waals surface area contributed by atoms with Gasteiger partial charge in [0.1, 0.15) is 0 Å². The maximum absolute atomic E-state index is 12.3. The molecule has 1 aromatic heterocycles. The number of hydrogen-bond acceptors (Lipinski definition) is 3. The molecule has 2 N–H and O–H groups in total. The molecule has 1 amide bonds. The first-order chi connectivity index (χ1) is 8.11. The third-order valence-electron chi connectivity index (χ3n) is 3.64. The maximum Gasteiger partial charge on any atom is 0.227 e. The summed E-state index contributed by atoms with van der Waals surface area (Å²) in [5.41, 5.74) is 7.10. The summed E-state index contributed by atoms with van der Waals surface area (Å²) in [4.78, 5) is 14.4. The van der Waals surface area contributed by atoms with E-state index in [9.17, 15) is 4.79 Å². The Morgan fingerprint density at radius 1 is 1.56 bits per heavy atom. The van der Waals surface area contributed by atoms with Gasteiger partial charge in [0, 0.05) is 12.6 Å². The number of nitrogens with zero attached hydrogens (tertiary/aromatic N) is 1. The molecule has 2 rings (SSSR count). The Hall–Kier alpha value is -0.580. The van der Waals surface area contributed by atoms with Crippen LogP contribution in [0.4, 0.5) is 0 Å². The average Bonchev–Trinajstić information content (AvgIpc) is 2.96. The molecule has 0 spiro atoms. The molecule has 3 unspecified atom stereocenters. The Balaban J connectivity index is 0.00000162. The normalized spacial score (nSPS) is 22.4. The highest BCUT2D eigenvalue weighted by molar-refractivity contribution is 7.07. The van der Waals surface area contributed by atoms with Gasteiger partial charge >= 0.3 is 0 Å². The van der Waals surface area contributed by atoms with Crippen molar-refractivity contribution in [1.29, 1.82) is 0 Å². The molecule has 0 aromatic carbocycles. The summed E-state index contributed by atoms with van der Waals surface area (Å²) in [5.74, 6) is 0.114. The first-order valence-corrected chi connectivity index (χ1v) is 7.13. The first-order valence-electron chi connectivity index (χ1n) is 6.19. The Labute approximate surface area is 119 Å². The van der Waals surface area contributed by atoms with Crippen molar-refractivity contribution < 1.29 is 4.79 Å². The third-order valence-corrected chi connectivity index (χ3v) is 4.34. The zero-order valence-electron chi connectivity index (χ0n) is 10.8. The summed E-state index contributed by atoms with van der Waals surface area (Å²) >= 11 is 1.69. The van der Waals surface area contributed by atoms with Crippen molar-refractivity contribution in [3.05, 3.63) is 22.4 Å². The van der Waals surface area contributed by atoms with Crippen molar-refractivity contribution in [3.63, 3.8) is 0 Å². The molecule has 1 aliphatic rings. The van der Waals surface area contributed by atoms with Gasteiger partial charge in [0.15, 0.2) is 0 Å². The Kier molecular flexibility index (Phi) is 5.63. The van der Waals surface area contributed by atoms with Crippen LogP contribution < -0.4 is 5.73 Å². The number of halogens is 1. The van der Waals surface area contributed by atoms with E-state index in [0.717, 1.165) is 19.4 Å². The zero-order valence-corrected chi connectivity index (χ0v) is 12.5. The first kappa shape index (κ1) is 15.5. The molecule has 102 valence electrons. The zero-order chi connectivity index (χ0) is 12.4. The monoisotopic (exact) mass is 288 g/mol. The second-order valence-electron chi connectivity index (χ2n) is 4.89. The largest absolute Gasteiger partial charge is 0.335 e. The molecular formula is C13H21ClN2OS. The maximum atomic E-state index is 12.3. The lowest BCUT2D eigenvalue weighted by atomic mass is 10.0. The van der Waals surface area contributed by atoms with Crippen LogP contribution in [0.3, 0.4) is 0 Å². The van der Waals surface area contributed by atoms with E-state index in [0.29, 0.717) is 0 Å². The fraction of sp³-hybridized carbons (Fsp3) is 0.615. The second kappa shape index (κ2) is 6.55. The number of nitrogens with two attached hydrogens (primary N) is 1. The molecule has 0 radical (unpaired) electrons. The van der Waals surface area contributed by atoms with E-state index < -0.39 is 0 Å². The number of likely N-dealkylation sites (tertiary alicyclic amines) is 1. The number of thiophene rings is 1. The number of carbonyl (C=O) groups is 1. The lowest BCUT2D eigenvalue weighted by Gasteiger charge is -2.28. The smallest absolute Gasteiger partial charge is 0.227 e. The van der Waals surface area contributed by atoms with Crippen LogP contribution in [0.25, 0.3) is 0 Å². The lowest BCUT2D eigenvalue weighted by Crippen LogP contribution is -2.41. The third kappa shape index (κ3) is 3.05. The van der Waals surface area contributed by atoms with Gasteiger partial charge in [0.05, 0.1) is 12.0 Å². The number of amides is 1. The standard InChI is InChI=1S/C13H20N2OS.ClH/c1-9(10(2)14)13(16)15-6-3-4-12(15)11-5-7-17-8-11;/h5,7-10,12H,3-4,6,14H2,1-2H3;1H. The van der Waals surface area contributed by atoms with Gasteiger partial charge in [0.2, 0.25) is 5.91 Å². The minimum Gasteiger partial charge on any atom is -0.335 e. The van der Waals surface area contributed by atoms with Gasteiger partial charge in [-0.3, -0.25) is 4.79 Å². The summed E-state index contributed by atoms with van der Waals surface area (Å²) in [5, 5.41) is 4.22. The highest BCUT2D eigenvalue weighted by atomic mass is 35.5. The Morgan fingerprint density at radius 2 is 2.28 bits per heavy atom. The minimum atomic E-state index is -0.0887. The number of hydrogen-bond donors (Lipinski definition) is 1. The van der Waals surface area contributed by atoms with Gasteiger partial charge in [-0.15, -0.1) is 12.4 Å². The van der Waals surface area contributed by atoms with Crippen molar-refractivity contribution in [1.82, 2.24) is 4.90 Å². The van der Waals surface area contributed by atoms with Gasteiger partial charge in [-0.05, 0) is 42.2 Å². The molecular weight excluding hydrogens is 268 g/mol. The molecule has 0 aliphatic carbocycles. The summed E-state index contributed by atoms with van der Waals surface area (Å²) in [6.45, 7) is 4.70. The van der Waals surface area contributed by atoms with Crippen LogP contribution in [0.5, 0.6) is 0 Å². The van der Waals surface area contributed by atoms with Crippen molar-refractivity contribution >= 4 is 29.7 Å². The molecule has 2 heterocycles. The van der Waals surface area contributed by atoms with E-state index in [1.165, 1.54) is 5.56 Å². The predicted molar refractivity (Wildman–Crippen MR) is 78.1 cm³/mol. The van der Waals surface area contributed by atoms with E-state index in [4.69, 9.17) is 5.73 Å². The highest BCUT2D eigenvalue weighted by Gasteiger charge is 2.33. The quantitative estimate of drug-likeness (QED) is 0.930. The van der Waals surface area contributed by atoms with Crippen LogP contribution in [0, 0.1) is 5.92 Å². The minimum absolute atomic E-state index is 0. The van der Waals surface area contributed by atoms with Gasteiger partial charge < -0.3 is 10.6 Å². The van der Waals surface area contributed by atoms with Crippen LogP contribution in [0.1, 0.15) is 38.3 Å². The van der Waals surface area contributed by atoms with Gasteiger partial charge in [0.25, 0.3) is 0 Å². The van der Waals surface area contributed by atoms with Crippen molar-refractivity contribution in [3.8, 4) is 0 Å². The van der Waals surface area contributed by atoms with Crippen LogP contribution in [0.15, 0.2) is 16.8 Å². The number of rotatable bonds is 3. The lowest BCUT2D eigenvalue weighted by molar-refractivity contribution is -0.136. The van der Waals surface area contributed by atoms with E-state index in [1.54, 1.807) is 11.3 Å². The van der Waals surface area contributed by atoms with Crippen LogP contribution in [0.2, 0.25) is 0 Å². The van der Waals surface area contributed by atoms with Gasteiger partial charge in [-0.25, -0.2) is 0 Å². The molecule has 1 saturated heterocycles. The summed E-state index contributed by atoms with van der Waals surface area (Å²) in [7, 11) is 0. The van der Waals surface area contributed by atoms with Crippen molar-refractivity contribution in [2.24, 2.45) is 11.7 Å². The Bertz CT molecular complexity index is 380. The van der Waals surface area contributed by atoms with Crippen molar-refractivity contribution in [2.45, 2.75) is 38.8 Å². The SMILES string of the molecule is CC(N)C(C)C(=O)N1CCCC1c1ccsc1.Cl. The fourth-order valence-electron chi connectivity index (χ4n) is 2.33. The van der Waals surface area contributed by atoms with E-state index in [2.05, 4.69) is 16.8 Å². The van der Waals surface area contributed by atoms with Crippen LogP contribution >= 0.6 is 23.7 Å².